The van der Waals surface area contributed by atoms with Gasteiger partial charge in [0.15, 0.2) is 0 Å². The zero-order valence-corrected chi connectivity index (χ0v) is 13.7. The maximum Gasteiger partial charge on any atom is 0.143 e. The zero-order valence-electron chi connectivity index (χ0n) is 13.0. The summed E-state index contributed by atoms with van der Waals surface area (Å²) in [6.45, 7) is 0.535. The molecule has 1 atom stereocenters. The minimum atomic E-state index is -0.485. The molecule has 3 aromatic rings. The minimum Gasteiger partial charge on any atom is -0.301 e. The summed E-state index contributed by atoms with van der Waals surface area (Å²) >= 11 is 6.02. The van der Waals surface area contributed by atoms with Crippen LogP contribution < -0.4 is 10.4 Å². The molecule has 1 aliphatic heterocycles. The monoisotopic (exact) mass is 349 g/mol. The highest BCUT2D eigenvalue weighted by Crippen LogP contribution is 2.32. The second kappa shape index (κ2) is 6.13. The number of pyridine rings is 2. The number of anilines is 1. The number of aldehydes is 1. The fourth-order valence-electron chi connectivity index (χ4n) is 2.98. The normalized spacial score (nSPS) is 15.8. The first kappa shape index (κ1) is 15.5. The Morgan fingerprint density at radius 1 is 1.28 bits per heavy atom. The molecule has 1 aromatic carbocycles. The lowest BCUT2D eigenvalue weighted by atomic mass is 10.1. The van der Waals surface area contributed by atoms with Gasteiger partial charge in [0, 0.05) is 17.1 Å². The van der Waals surface area contributed by atoms with E-state index in [1.165, 1.54) is 0 Å². The lowest BCUT2D eigenvalue weighted by Crippen LogP contribution is -2.34. The summed E-state index contributed by atoms with van der Waals surface area (Å²) in [4.78, 5) is 19.8. The van der Waals surface area contributed by atoms with Crippen LogP contribution in [0.3, 0.4) is 0 Å². The maximum atomic E-state index is 11.4. The van der Waals surface area contributed by atoms with Crippen molar-refractivity contribution in [3.05, 3.63) is 64.6 Å². The van der Waals surface area contributed by atoms with Crippen molar-refractivity contribution in [3.63, 3.8) is 0 Å². The molecule has 0 fully saturated rings. The van der Waals surface area contributed by atoms with Gasteiger partial charge in [-0.25, -0.2) is 10.4 Å². The maximum absolute atomic E-state index is 11.4. The van der Waals surface area contributed by atoms with E-state index in [-0.39, 0.29) is 0 Å². The second-order valence-corrected chi connectivity index (χ2v) is 6.19. The Labute approximate surface area is 148 Å². The molecule has 4 rings (SSSR count). The number of fused-ring (bicyclic) bond motifs is 2. The lowest BCUT2D eigenvalue weighted by Gasteiger charge is -2.20. The molecule has 6 nitrogen and oxygen atoms in total. The number of nitrogens with zero attached hydrogens (tertiary/aromatic N) is 4. The minimum absolute atomic E-state index is 0.292. The van der Waals surface area contributed by atoms with Gasteiger partial charge in [-0.05, 0) is 29.8 Å². The molecular weight excluding hydrogens is 338 g/mol. The zero-order chi connectivity index (χ0) is 17.4. The van der Waals surface area contributed by atoms with Crippen molar-refractivity contribution >= 4 is 34.5 Å². The lowest BCUT2D eigenvalue weighted by molar-refractivity contribution is -0.109. The number of hydrogen-bond donors (Lipinski definition) is 1. The Balaban J connectivity index is 1.68. The molecule has 0 bridgehead atoms. The molecule has 25 heavy (non-hydrogen) atoms. The van der Waals surface area contributed by atoms with Crippen LogP contribution in [0.25, 0.3) is 10.9 Å². The van der Waals surface area contributed by atoms with E-state index in [1.54, 1.807) is 18.5 Å². The number of benzene rings is 1. The van der Waals surface area contributed by atoms with Crippen LogP contribution in [0.1, 0.15) is 22.9 Å². The van der Waals surface area contributed by atoms with Gasteiger partial charge in [0.25, 0.3) is 0 Å². The Morgan fingerprint density at radius 2 is 2.16 bits per heavy atom. The summed E-state index contributed by atoms with van der Waals surface area (Å²) in [7, 11) is 0. The van der Waals surface area contributed by atoms with Crippen LogP contribution >= 0.6 is 11.6 Å². The number of rotatable bonds is 3. The van der Waals surface area contributed by atoms with E-state index in [0.29, 0.717) is 17.3 Å². The van der Waals surface area contributed by atoms with Crippen molar-refractivity contribution in [1.82, 2.24) is 15.4 Å². The van der Waals surface area contributed by atoms with E-state index >= 15 is 0 Å². The molecule has 0 aliphatic carbocycles. The van der Waals surface area contributed by atoms with Crippen LogP contribution in [-0.2, 0) is 11.3 Å². The summed E-state index contributed by atoms with van der Waals surface area (Å²) in [6.07, 6.45) is 4.06. The summed E-state index contributed by atoms with van der Waals surface area (Å²) in [5.74, 6) is 0. The van der Waals surface area contributed by atoms with Crippen molar-refractivity contribution in [2.24, 2.45) is 0 Å². The predicted molar refractivity (Wildman–Crippen MR) is 93.8 cm³/mol. The van der Waals surface area contributed by atoms with Gasteiger partial charge in [0.05, 0.1) is 29.0 Å². The quantitative estimate of drug-likeness (QED) is 0.732. The van der Waals surface area contributed by atoms with Gasteiger partial charge in [0.2, 0.25) is 0 Å². The van der Waals surface area contributed by atoms with Gasteiger partial charge >= 0.3 is 0 Å². The van der Waals surface area contributed by atoms with Crippen LogP contribution in [0.15, 0.2) is 42.7 Å². The van der Waals surface area contributed by atoms with Gasteiger partial charge in [-0.1, -0.05) is 17.7 Å². The number of aromatic nitrogens is 2. The van der Waals surface area contributed by atoms with Crippen LogP contribution in [0.4, 0.5) is 5.69 Å². The number of halogens is 1. The molecule has 122 valence electrons. The first-order chi connectivity index (χ1) is 12.2. The average molecular weight is 350 g/mol. The number of nitriles is 1. The summed E-state index contributed by atoms with van der Waals surface area (Å²) in [6, 6.07) is 11.0. The van der Waals surface area contributed by atoms with Crippen molar-refractivity contribution in [1.29, 1.82) is 5.26 Å². The van der Waals surface area contributed by atoms with Crippen LogP contribution in [0.2, 0.25) is 5.02 Å². The van der Waals surface area contributed by atoms with E-state index < -0.39 is 6.04 Å². The molecule has 0 saturated heterocycles. The molecule has 0 radical (unpaired) electrons. The van der Waals surface area contributed by atoms with E-state index in [2.05, 4.69) is 15.4 Å². The number of carbonyl (C=O) groups is 1. The first-order valence-electron chi connectivity index (χ1n) is 7.61. The van der Waals surface area contributed by atoms with Crippen LogP contribution in [0.5, 0.6) is 0 Å². The second-order valence-electron chi connectivity index (χ2n) is 5.75. The largest absolute Gasteiger partial charge is 0.301 e. The smallest absolute Gasteiger partial charge is 0.143 e. The third kappa shape index (κ3) is 2.80. The Morgan fingerprint density at radius 3 is 2.96 bits per heavy atom. The highest BCUT2D eigenvalue weighted by atomic mass is 35.5. The van der Waals surface area contributed by atoms with Gasteiger partial charge < -0.3 is 9.80 Å². The van der Waals surface area contributed by atoms with E-state index in [0.717, 1.165) is 34.0 Å². The Kier molecular flexibility index (Phi) is 3.80. The van der Waals surface area contributed by atoms with Crippen LogP contribution in [-0.4, -0.2) is 16.3 Å². The van der Waals surface area contributed by atoms with Crippen LogP contribution in [0, 0.1) is 11.3 Å². The highest BCUT2D eigenvalue weighted by Gasteiger charge is 2.28. The third-order valence-electron chi connectivity index (χ3n) is 4.14. The van der Waals surface area contributed by atoms with Crippen molar-refractivity contribution in [2.75, 3.05) is 5.01 Å². The molecule has 2 aromatic heterocycles. The summed E-state index contributed by atoms with van der Waals surface area (Å²) < 4.78 is 0. The van der Waals surface area contributed by atoms with Gasteiger partial charge in [-0.15, -0.1) is 0 Å². The molecule has 0 saturated carbocycles. The number of nitrogens with one attached hydrogen (secondary N) is 1. The van der Waals surface area contributed by atoms with E-state index in [4.69, 9.17) is 16.9 Å². The third-order valence-corrected chi connectivity index (χ3v) is 4.35. The Bertz CT molecular complexity index is 1030. The SMILES string of the molecule is N#Cc1cc2c(cn1)N(Cc1ccc3ncc(Cl)cc3c1)NC2C=O. The van der Waals surface area contributed by atoms with Crippen molar-refractivity contribution < 1.29 is 4.79 Å². The molecule has 0 spiro atoms. The molecule has 3 heterocycles. The van der Waals surface area contributed by atoms with Crippen molar-refractivity contribution in [3.8, 4) is 6.07 Å². The molecule has 0 amide bonds. The summed E-state index contributed by atoms with van der Waals surface area (Å²) in [5, 5.41) is 12.4. The van der Waals surface area contributed by atoms with Gasteiger partial charge in [-0.3, -0.25) is 4.98 Å². The van der Waals surface area contributed by atoms with Gasteiger partial charge in [-0.2, -0.15) is 5.26 Å². The number of hydrazine groups is 1. The Hall–Kier alpha value is -3.01. The molecule has 1 N–H and O–H groups in total. The summed E-state index contributed by atoms with van der Waals surface area (Å²) in [5.41, 5.74) is 6.88. The fourth-order valence-corrected chi connectivity index (χ4v) is 3.14. The molecule has 1 unspecified atom stereocenters. The first-order valence-corrected chi connectivity index (χ1v) is 7.99. The topological polar surface area (TPSA) is 81.9 Å². The standard InChI is InChI=1S/C18H12ClN5O/c19-13-4-12-3-11(1-2-16(12)22-7-13)9-24-18-8-21-14(6-20)5-15(18)17(10-25)23-24/h1-5,7-8,10,17,23H,9H2. The molecular formula is C18H12ClN5O. The molecule has 7 heteroatoms. The fraction of sp³-hybridized carbons (Fsp3) is 0.111. The molecule has 1 aliphatic rings. The number of carbonyl (C=O) groups excluding carboxylic acids is 1. The highest BCUT2D eigenvalue weighted by molar-refractivity contribution is 6.31. The average Bonchev–Trinajstić information content (AvgIpc) is 2.98. The number of hydrogen-bond acceptors (Lipinski definition) is 6. The van der Waals surface area contributed by atoms with Crippen molar-refractivity contribution in [2.45, 2.75) is 12.6 Å². The predicted octanol–water partition coefficient (Wildman–Crippen LogP) is 2.92. The van der Waals surface area contributed by atoms with E-state index in [9.17, 15) is 4.79 Å². The van der Waals surface area contributed by atoms with Gasteiger partial charge in [0.1, 0.15) is 24.1 Å². The van der Waals surface area contributed by atoms with E-state index in [1.807, 2.05) is 35.3 Å².